The Kier molecular flexibility index (Phi) is 4.08. The van der Waals surface area contributed by atoms with Crippen LogP contribution < -0.4 is 5.73 Å². The van der Waals surface area contributed by atoms with Gasteiger partial charge in [-0.3, -0.25) is 0 Å². The molecule has 1 aromatic carbocycles. The van der Waals surface area contributed by atoms with Gasteiger partial charge in [-0.25, -0.2) is 8.42 Å². The summed E-state index contributed by atoms with van der Waals surface area (Å²) in [4.78, 5) is 0. The largest absolute Gasteiger partial charge is 0.328 e. The van der Waals surface area contributed by atoms with Gasteiger partial charge in [0.1, 0.15) is 0 Å². The molecule has 0 amide bonds. The van der Waals surface area contributed by atoms with E-state index in [1.54, 1.807) is 4.31 Å². The fraction of sp³-hybridized carbons (Fsp3) is 0.625. The van der Waals surface area contributed by atoms with Gasteiger partial charge in [-0.1, -0.05) is 37.3 Å². The zero-order valence-electron chi connectivity index (χ0n) is 12.5. The van der Waals surface area contributed by atoms with Crippen LogP contribution >= 0.6 is 0 Å². The van der Waals surface area contributed by atoms with E-state index in [4.69, 9.17) is 5.73 Å². The van der Waals surface area contributed by atoms with Crippen LogP contribution in [0.2, 0.25) is 0 Å². The zero-order chi connectivity index (χ0) is 15.0. The molecule has 3 unspecified atom stereocenters. The molecule has 0 aromatic heterocycles. The van der Waals surface area contributed by atoms with Gasteiger partial charge in [0, 0.05) is 18.1 Å². The molecule has 3 atom stereocenters. The Bertz CT molecular complexity index is 574. The highest BCUT2D eigenvalue weighted by Crippen LogP contribution is 2.38. The minimum Gasteiger partial charge on any atom is -0.328 e. The molecule has 0 aliphatic carbocycles. The monoisotopic (exact) mass is 308 g/mol. The highest BCUT2D eigenvalue weighted by atomic mass is 32.2. The van der Waals surface area contributed by atoms with E-state index in [0.29, 0.717) is 0 Å². The molecule has 2 aliphatic rings. The quantitative estimate of drug-likeness (QED) is 0.926. The average molecular weight is 308 g/mol. The lowest BCUT2D eigenvalue weighted by molar-refractivity contribution is 0.227. The second kappa shape index (κ2) is 5.71. The van der Waals surface area contributed by atoms with E-state index >= 15 is 0 Å². The van der Waals surface area contributed by atoms with Gasteiger partial charge in [-0.2, -0.15) is 4.31 Å². The molecule has 2 heterocycles. The minimum absolute atomic E-state index is 0.0196. The van der Waals surface area contributed by atoms with Crippen LogP contribution in [-0.2, 0) is 10.0 Å². The molecule has 2 fully saturated rings. The summed E-state index contributed by atoms with van der Waals surface area (Å²) in [6, 6.07) is 10.3. The number of nitrogens with zero attached hydrogens (tertiary/aromatic N) is 1. The van der Waals surface area contributed by atoms with E-state index in [0.717, 1.165) is 31.2 Å². The molecule has 2 bridgehead atoms. The van der Waals surface area contributed by atoms with Gasteiger partial charge in [0.2, 0.25) is 10.0 Å². The number of hydrogen-bond donors (Lipinski definition) is 1. The van der Waals surface area contributed by atoms with Crippen molar-refractivity contribution in [3.8, 4) is 0 Å². The lowest BCUT2D eigenvalue weighted by Gasteiger charge is -2.37. The number of rotatable bonds is 4. The van der Waals surface area contributed by atoms with Crippen LogP contribution in [0.3, 0.4) is 0 Å². The molecule has 5 heteroatoms. The van der Waals surface area contributed by atoms with Gasteiger partial charge in [0.25, 0.3) is 0 Å². The van der Waals surface area contributed by atoms with Crippen molar-refractivity contribution in [3.63, 3.8) is 0 Å². The number of hydrogen-bond acceptors (Lipinski definition) is 3. The zero-order valence-corrected chi connectivity index (χ0v) is 13.3. The summed E-state index contributed by atoms with van der Waals surface area (Å²) < 4.78 is 27.4. The molecule has 2 aliphatic heterocycles. The average Bonchev–Trinajstić information content (AvgIpc) is 2.73. The molecule has 3 rings (SSSR count). The summed E-state index contributed by atoms with van der Waals surface area (Å²) in [5.74, 6) is 0.213. The Hall–Kier alpha value is -0.910. The third-order valence-electron chi connectivity index (χ3n) is 4.85. The first-order chi connectivity index (χ1) is 9.97. The Balaban J connectivity index is 1.76. The summed E-state index contributed by atoms with van der Waals surface area (Å²) in [6.45, 7) is 1.99. The third kappa shape index (κ3) is 3.00. The van der Waals surface area contributed by atoms with Crippen LogP contribution in [0.15, 0.2) is 30.3 Å². The van der Waals surface area contributed by atoms with E-state index in [1.165, 1.54) is 0 Å². The highest BCUT2D eigenvalue weighted by molar-refractivity contribution is 7.89. The van der Waals surface area contributed by atoms with E-state index in [9.17, 15) is 8.42 Å². The fourth-order valence-electron chi connectivity index (χ4n) is 3.91. The number of fused-ring (bicyclic) bond motifs is 2. The Morgan fingerprint density at radius 1 is 1.19 bits per heavy atom. The molecular weight excluding hydrogens is 284 g/mol. The van der Waals surface area contributed by atoms with E-state index < -0.39 is 10.0 Å². The van der Waals surface area contributed by atoms with Gasteiger partial charge >= 0.3 is 0 Å². The maximum absolute atomic E-state index is 12.8. The number of sulfonamides is 1. The molecular formula is C16H24N2O2S. The molecule has 2 N–H and O–H groups in total. The molecule has 1 aromatic rings. The topological polar surface area (TPSA) is 63.4 Å². The van der Waals surface area contributed by atoms with Gasteiger partial charge in [-0.15, -0.1) is 0 Å². The lowest BCUT2D eigenvalue weighted by atomic mass is 10.0. The molecule has 0 radical (unpaired) electrons. The number of nitrogens with two attached hydrogens (primary N) is 1. The Morgan fingerprint density at radius 2 is 1.76 bits per heavy atom. The standard InChI is InChI=1S/C16H24N2O2S/c1-12(13-5-3-2-4-6-13)11-21(19,20)18-15-7-8-16(18)10-14(17)9-15/h2-6,12,14-16H,7-11,17H2,1H3. The smallest absolute Gasteiger partial charge is 0.215 e. The normalized spacial score (nSPS) is 31.2. The maximum Gasteiger partial charge on any atom is 0.215 e. The van der Waals surface area contributed by atoms with E-state index in [2.05, 4.69) is 0 Å². The second-order valence-electron chi connectivity index (χ2n) is 6.54. The van der Waals surface area contributed by atoms with Crippen molar-refractivity contribution >= 4 is 10.0 Å². The van der Waals surface area contributed by atoms with Crippen molar-refractivity contribution < 1.29 is 8.42 Å². The molecule has 4 nitrogen and oxygen atoms in total. The van der Waals surface area contributed by atoms with Crippen LogP contribution in [0, 0.1) is 0 Å². The Morgan fingerprint density at radius 3 is 2.33 bits per heavy atom. The first kappa shape index (κ1) is 15.0. The molecule has 21 heavy (non-hydrogen) atoms. The predicted molar refractivity (Wildman–Crippen MR) is 84.5 cm³/mol. The van der Waals surface area contributed by atoms with Gasteiger partial charge in [0.05, 0.1) is 5.75 Å². The SMILES string of the molecule is CC(CS(=O)(=O)N1C2CCC1CC(N)C2)c1ccccc1. The minimum atomic E-state index is -3.21. The summed E-state index contributed by atoms with van der Waals surface area (Å²) in [5.41, 5.74) is 7.12. The van der Waals surface area contributed by atoms with Crippen LogP contribution in [0.25, 0.3) is 0 Å². The van der Waals surface area contributed by atoms with Crippen molar-refractivity contribution in [2.24, 2.45) is 5.73 Å². The first-order valence-corrected chi connectivity index (χ1v) is 9.40. The summed E-state index contributed by atoms with van der Waals surface area (Å²) >= 11 is 0. The van der Waals surface area contributed by atoms with Gasteiger partial charge in [-0.05, 0) is 37.2 Å². The van der Waals surface area contributed by atoms with Crippen molar-refractivity contribution in [2.45, 2.75) is 56.7 Å². The molecule has 116 valence electrons. The van der Waals surface area contributed by atoms with E-state index in [-0.39, 0.29) is 29.8 Å². The van der Waals surface area contributed by atoms with Gasteiger partial charge in [0.15, 0.2) is 0 Å². The number of benzene rings is 1. The van der Waals surface area contributed by atoms with Crippen LogP contribution in [0.1, 0.15) is 44.1 Å². The van der Waals surface area contributed by atoms with E-state index in [1.807, 2.05) is 37.3 Å². The van der Waals surface area contributed by atoms with Crippen LogP contribution in [0.5, 0.6) is 0 Å². The number of piperidine rings is 1. The summed E-state index contributed by atoms with van der Waals surface area (Å²) in [5, 5.41) is 0. The van der Waals surface area contributed by atoms with Crippen LogP contribution in [0.4, 0.5) is 0 Å². The summed E-state index contributed by atoms with van der Waals surface area (Å²) in [7, 11) is -3.21. The van der Waals surface area contributed by atoms with Gasteiger partial charge < -0.3 is 5.73 Å². The maximum atomic E-state index is 12.8. The lowest BCUT2D eigenvalue weighted by Crippen LogP contribution is -2.51. The Labute approximate surface area is 127 Å². The second-order valence-corrected chi connectivity index (χ2v) is 8.46. The molecule has 2 saturated heterocycles. The summed E-state index contributed by atoms with van der Waals surface area (Å²) in [6.07, 6.45) is 3.57. The van der Waals surface area contributed by atoms with Crippen molar-refractivity contribution in [1.29, 1.82) is 0 Å². The molecule has 0 saturated carbocycles. The highest BCUT2D eigenvalue weighted by Gasteiger charge is 2.45. The van der Waals surface area contributed by atoms with Crippen LogP contribution in [-0.4, -0.2) is 36.6 Å². The fourth-order valence-corrected chi connectivity index (χ4v) is 6.20. The third-order valence-corrected chi connectivity index (χ3v) is 7.01. The molecule has 0 spiro atoms. The predicted octanol–water partition coefficient (Wildman–Crippen LogP) is 2.07. The van der Waals surface area contributed by atoms with Crippen molar-refractivity contribution in [2.75, 3.05) is 5.75 Å². The first-order valence-electron chi connectivity index (χ1n) is 7.79. The van der Waals surface area contributed by atoms with Crippen molar-refractivity contribution in [1.82, 2.24) is 4.31 Å². The van der Waals surface area contributed by atoms with Crippen molar-refractivity contribution in [3.05, 3.63) is 35.9 Å².